The summed E-state index contributed by atoms with van der Waals surface area (Å²) in [5.41, 5.74) is 1.53. The Hall–Kier alpha value is -1.26. The number of nitrogens with one attached hydrogen (secondary N) is 1. The van der Waals surface area contributed by atoms with E-state index in [1.807, 2.05) is 13.8 Å². The number of rotatable bonds is 2. The molecule has 1 N–H and O–H groups in total. The largest absolute Gasteiger partial charge is 0.386 e. The van der Waals surface area contributed by atoms with Crippen molar-refractivity contribution in [2.45, 2.75) is 19.7 Å². The lowest BCUT2D eigenvalue weighted by Gasteiger charge is -2.27. The molecule has 0 aromatic heterocycles. The van der Waals surface area contributed by atoms with Crippen LogP contribution in [-0.4, -0.2) is 19.8 Å². The highest BCUT2D eigenvalue weighted by atomic mass is 16.6. The molecule has 2 unspecified atom stereocenters. The van der Waals surface area contributed by atoms with Crippen molar-refractivity contribution < 1.29 is 4.92 Å². The van der Waals surface area contributed by atoms with Crippen LogP contribution in [0.4, 0.5) is 0 Å². The predicted octanol–water partition coefficient (Wildman–Crippen LogP) is 1.25. The SMILES string of the molecule is [B]C1C(NC)=C([N+](=O)[O-])C=C(C)C1C. The van der Waals surface area contributed by atoms with Gasteiger partial charge in [0.15, 0.2) is 0 Å². The van der Waals surface area contributed by atoms with Gasteiger partial charge in [-0.3, -0.25) is 10.1 Å². The van der Waals surface area contributed by atoms with E-state index in [1.54, 1.807) is 13.1 Å². The molecule has 74 valence electrons. The van der Waals surface area contributed by atoms with Crippen LogP contribution < -0.4 is 5.32 Å². The molecule has 0 spiro atoms. The van der Waals surface area contributed by atoms with E-state index in [0.29, 0.717) is 5.70 Å². The highest BCUT2D eigenvalue weighted by Crippen LogP contribution is 2.35. The van der Waals surface area contributed by atoms with E-state index in [9.17, 15) is 10.1 Å². The fourth-order valence-corrected chi connectivity index (χ4v) is 1.57. The third-order valence-electron chi connectivity index (χ3n) is 2.70. The van der Waals surface area contributed by atoms with E-state index in [2.05, 4.69) is 5.32 Å². The van der Waals surface area contributed by atoms with Gasteiger partial charge in [0.25, 0.3) is 5.70 Å². The Morgan fingerprint density at radius 3 is 2.64 bits per heavy atom. The average molecular weight is 192 g/mol. The fourth-order valence-electron chi connectivity index (χ4n) is 1.57. The number of hydrogen-bond acceptors (Lipinski definition) is 3. The second-order valence-corrected chi connectivity index (χ2v) is 3.51. The van der Waals surface area contributed by atoms with Gasteiger partial charge < -0.3 is 5.32 Å². The van der Waals surface area contributed by atoms with Crippen molar-refractivity contribution in [3.63, 3.8) is 0 Å². The molecule has 1 aliphatic rings. The van der Waals surface area contributed by atoms with E-state index >= 15 is 0 Å². The van der Waals surface area contributed by atoms with Crippen molar-refractivity contribution in [1.29, 1.82) is 0 Å². The molecule has 0 aromatic rings. The van der Waals surface area contributed by atoms with Crippen LogP contribution >= 0.6 is 0 Å². The molecule has 1 aliphatic carbocycles. The highest BCUT2D eigenvalue weighted by Gasteiger charge is 2.29. The first-order chi connectivity index (χ1) is 6.49. The maximum Gasteiger partial charge on any atom is 0.287 e. The van der Waals surface area contributed by atoms with E-state index < -0.39 is 4.92 Å². The van der Waals surface area contributed by atoms with Gasteiger partial charge in [-0.15, -0.1) is 0 Å². The Labute approximate surface area is 84.6 Å². The molecule has 0 aliphatic heterocycles. The Bertz CT molecular complexity index is 323. The minimum absolute atomic E-state index is 0.0793. The third-order valence-corrected chi connectivity index (χ3v) is 2.70. The van der Waals surface area contributed by atoms with Gasteiger partial charge in [0.05, 0.1) is 18.5 Å². The van der Waals surface area contributed by atoms with Gasteiger partial charge in [0.2, 0.25) is 0 Å². The summed E-state index contributed by atoms with van der Waals surface area (Å²) >= 11 is 0. The van der Waals surface area contributed by atoms with Gasteiger partial charge >= 0.3 is 0 Å². The zero-order chi connectivity index (χ0) is 10.9. The molecule has 4 nitrogen and oxygen atoms in total. The third kappa shape index (κ3) is 1.67. The van der Waals surface area contributed by atoms with Crippen LogP contribution in [0.5, 0.6) is 0 Å². The quantitative estimate of drug-likeness (QED) is 0.406. The number of allylic oxidation sites excluding steroid dienone is 3. The lowest BCUT2D eigenvalue weighted by molar-refractivity contribution is -0.421. The minimum atomic E-state index is -0.402. The summed E-state index contributed by atoms with van der Waals surface area (Å²) in [5.74, 6) is -0.174. The molecule has 0 heterocycles. The Morgan fingerprint density at radius 2 is 2.21 bits per heavy atom. The van der Waals surface area contributed by atoms with Crippen LogP contribution in [0, 0.1) is 16.0 Å². The van der Waals surface area contributed by atoms with Crippen molar-refractivity contribution >= 4 is 7.85 Å². The van der Waals surface area contributed by atoms with Crippen molar-refractivity contribution in [2.75, 3.05) is 7.05 Å². The molecule has 14 heavy (non-hydrogen) atoms. The van der Waals surface area contributed by atoms with Crippen LogP contribution in [0.15, 0.2) is 23.0 Å². The van der Waals surface area contributed by atoms with E-state index in [-0.39, 0.29) is 17.4 Å². The summed E-state index contributed by atoms with van der Waals surface area (Å²) in [6.07, 6.45) is 1.58. The predicted molar refractivity (Wildman–Crippen MR) is 55.5 cm³/mol. The van der Waals surface area contributed by atoms with Crippen LogP contribution in [0.2, 0.25) is 5.82 Å². The molecular weight excluding hydrogens is 179 g/mol. The summed E-state index contributed by atoms with van der Waals surface area (Å²) in [6.45, 7) is 3.82. The summed E-state index contributed by atoms with van der Waals surface area (Å²) in [4.78, 5) is 10.3. The summed E-state index contributed by atoms with van der Waals surface area (Å²) in [7, 11) is 7.54. The number of hydrogen-bond donors (Lipinski definition) is 1. The molecule has 5 heteroatoms. The second kappa shape index (κ2) is 3.86. The van der Waals surface area contributed by atoms with E-state index in [1.165, 1.54) is 0 Å². The Balaban J connectivity index is 3.20. The molecule has 2 radical (unpaired) electrons. The highest BCUT2D eigenvalue weighted by molar-refractivity contribution is 6.14. The van der Waals surface area contributed by atoms with E-state index in [4.69, 9.17) is 7.85 Å². The zero-order valence-electron chi connectivity index (χ0n) is 8.57. The van der Waals surface area contributed by atoms with Gasteiger partial charge in [0.1, 0.15) is 0 Å². The van der Waals surface area contributed by atoms with Crippen molar-refractivity contribution in [3.05, 3.63) is 33.2 Å². The molecule has 0 bridgehead atoms. The minimum Gasteiger partial charge on any atom is -0.386 e. The molecule has 1 rings (SSSR count). The standard InChI is InChI=1S/C9H13BN2O2/c1-5-4-7(12(13)14)9(11-3)8(10)6(5)2/h4,6,8,11H,1-3H3. The summed E-state index contributed by atoms with van der Waals surface area (Å²) < 4.78 is 0. The number of nitrogens with zero attached hydrogens (tertiary/aromatic N) is 1. The number of nitro groups is 1. The van der Waals surface area contributed by atoms with Crippen molar-refractivity contribution in [1.82, 2.24) is 5.32 Å². The molecule has 0 amide bonds. The molecule has 0 aromatic carbocycles. The van der Waals surface area contributed by atoms with Crippen molar-refractivity contribution in [2.24, 2.45) is 5.92 Å². The first-order valence-corrected chi connectivity index (χ1v) is 4.49. The topological polar surface area (TPSA) is 55.2 Å². The lowest BCUT2D eigenvalue weighted by Crippen LogP contribution is -2.25. The molecule has 2 atom stereocenters. The first kappa shape index (κ1) is 10.8. The monoisotopic (exact) mass is 192 g/mol. The fraction of sp³-hybridized carbons (Fsp3) is 0.556. The van der Waals surface area contributed by atoms with Gasteiger partial charge in [-0.05, 0) is 18.7 Å². The molecular formula is C9H13BN2O2. The first-order valence-electron chi connectivity index (χ1n) is 4.49. The smallest absolute Gasteiger partial charge is 0.287 e. The molecule has 0 saturated heterocycles. The molecule has 0 saturated carbocycles. The van der Waals surface area contributed by atoms with Gasteiger partial charge in [-0.2, -0.15) is 0 Å². The van der Waals surface area contributed by atoms with Crippen LogP contribution in [0.25, 0.3) is 0 Å². The van der Waals surface area contributed by atoms with Crippen LogP contribution in [0.1, 0.15) is 13.8 Å². The lowest BCUT2D eigenvalue weighted by atomic mass is 9.69. The van der Waals surface area contributed by atoms with E-state index in [0.717, 1.165) is 5.57 Å². The maximum absolute atomic E-state index is 10.7. The second-order valence-electron chi connectivity index (χ2n) is 3.51. The van der Waals surface area contributed by atoms with Crippen molar-refractivity contribution in [3.8, 4) is 0 Å². The van der Waals surface area contributed by atoms with Gasteiger partial charge in [-0.1, -0.05) is 12.5 Å². The normalized spacial score (nSPS) is 27.2. The Kier molecular flexibility index (Phi) is 2.98. The van der Waals surface area contributed by atoms with Gasteiger partial charge in [-0.25, -0.2) is 0 Å². The zero-order valence-corrected chi connectivity index (χ0v) is 8.57. The summed E-state index contributed by atoms with van der Waals surface area (Å²) in [6, 6.07) is 0. The molecule has 0 fully saturated rings. The van der Waals surface area contributed by atoms with Gasteiger partial charge in [0, 0.05) is 13.1 Å². The van der Waals surface area contributed by atoms with Crippen LogP contribution in [-0.2, 0) is 0 Å². The Morgan fingerprint density at radius 1 is 1.64 bits per heavy atom. The van der Waals surface area contributed by atoms with Crippen LogP contribution in [0.3, 0.4) is 0 Å². The summed E-state index contributed by atoms with van der Waals surface area (Å²) in [5, 5.41) is 13.5. The maximum atomic E-state index is 10.7. The average Bonchev–Trinajstić information content (AvgIpc) is 2.13.